The van der Waals surface area contributed by atoms with Crippen LogP contribution in [0.5, 0.6) is 0 Å². The molecule has 1 atom stereocenters. The number of nitrogens with one attached hydrogen (secondary N) is 1. The highest BCUT2D eigenvalue weighted by molar-refractivity contribution is 5.55. The summed E-state index contributed by atoms with van der Waals surface area (Å²) in [5.74, 6) is 0. The Hall–Kier alpha value is -2.00. The number of hydrogen-bond donors (Lipinski definition) is 1. The minimum absolute atomic E-state index is 0.151. The van der Waals surface area contributed by atoms with Gasteiger partial charge in [-0.05, 0) is 31.0 Å². The van der Waals surface area contributed by atoms with E-state index in [4.69, 9.17) is 10.5 Å². The average molecular weight is 213 g/mol. The van der Waals surface area contributed by atoms with Crippen LogP contribution in [0, 0.1) is 29.6 Å². The van der Waals surface area contributed by atoms with Gasteiger partial charge in [0.05, 0.1) is 24.1 Å². The fourth-order valence-corrected chi connectivity index (χ4v) is 1.47. The van der Waals surface area contributed by atoms with Crippen molar-refractivity contribution in [2.24, 2.45) is 0 Å². The molecule has 0 fully saturated rings. The van der Waals surface area contributed by atoms with Crippen molar-refractivity contribution in [1.82, 2.24) is 0 Å². The van der Waals surface area contributed by atoms with Gasteiger partial charge in [-0.2, -0.15) is 10.5 Å². The van der Waals surface area contributed by atoms with E-state index in [1.54, 1.807) is 6.07 Å². The Morgan fingerprint density at radius 2 is 2.12 bits per heavy atom. The first-order valence-corrected chi connectivity index (χ1v) is 5.35. The molecule has 0 saturated heterocycles. The lowest BCUT2D eigenvalue weighted by Crippen LogP contribution is -2.18. The Morgan fingerprint density at radius 1 is 1.38 bits per heavy atom. The van der Waals surface area contributed by atoms with Crippen LogP contribution in [0.3, 0.4) is 0 Å². The predicted molar refractivity (Wildman–Crippen MR) is 63.8 cm³/mol. The van der Waals surface area contributed by atoms with Crippen molar-refractivity contribution in [2.45, 2.75) is 32.7 Å². The van der Waals surface area contributed by atoms with E-state index in [1.807, 2.05) is 26.0 Å². The molecule has 16 heavy (non-hydrogen) atoms. The summed E-state index contributed by atoms with van der Waals surface area (Å²) in [5, 5.41) is 20.8. The number of nitriles is 2. The van der Waals surface area contributed by atoms with E-state index in [0.717, 1.165) is 17.7 Å². The Bertz CT molecular complexity index is 437. The molecular formula is C13H15N3. The van der Waals surface area contributed by atoms with Crippen molar-refractivity contribution in [3.63, 3.8) is 0 Å². The maximum Gasteiger partial charge on any atom is 0.0992 e. The molecule has 82 valence electrons. The third-order valence-corrected chi connectivity index (χ3v) is 2.56. The van der Waals surface area contributed by atoms with Gasteiger partial charge in [-0.3, -0.25) is 0 Å². The topological polar surface area (TPSA) is 59.6 Å². The quantitative estimate of drug-likeness (QED) is 0.836. The van der Waals surface area contributed by atoms with Crippen LogP contribution in [0.1, 0.15) is 30.9 Å². The Labute approximate surface area is 96.3 Å². The largest absolute Gasteiger partial charge is 0.381 e. The summed E-state index contributed by atoms with van der Waals surface area (Å²) in [6, 6.07) is 9.97. The standard InChI is InChI=1S/C13H15N3/c1-3-12(6-7-14)16-13-8-11(9-15)5-4-10(13)2/h4-5,8,12,16H,3,6H2,1-2H3. The lowest BCUT2D eigenvalue weighted by molar-refractivity contribution is 0.710. The van der Waals surface area contributed by atoms with Crippen LogP contribution < -0.4 is 5.32 Å². The first-order chi connectivity index (χ1) is 7.71. The number of nitrogens with zero attached hydrogens (tertiary/aromatic N) is 2. The summed E-state index contributed by atoms with van der Waals surface area (Å²) in [5.41, 5.74) is 2.68. The third kappa shape index (κ3) is 3.00. The molecule has 0 bridgehead atoms. The highest BCUT2D eigenvalue weighted by Gasteiger charge is 2.07. The summed E-state index contributed by atoms with van der Waals surface area (Å²) < 4.78 is 0. The van der Waals surface area contributed by atoms with E-state index in [1.165, 1.54) is 0 Å². The molecule has 0 radical (unpaired) electrons. The molecule has 3 nitrogen and oxygen atoms in total. The van der Waals surface area contributed by atoms with E-state index in [2.05, 4.69) is 17.5 Å². The Kier molecular flexibility index (Phi) is 4.36. The van der Waals surface area contributed by atoms with Gasteiger partial charge in [0, 0.05) is 11.7 Å². The maximum absolute atomic E-state index is 8.82. The molecule has 0 aliphatic heterocycles. The van der Waals surface area contributed by atoms with Gasteiger partial charge in [0.2, 0.25) is 0 Å². The molecule has 0 aromatic heterocycles. The van der Waals surface area contributed by atoms with Gasteiger partial charge in [0.15, 0.2) is 0 Å². The molecule has 1 unspecified atom stereocenters. The monoisotopic (exact) mass is 213 g/mol. The van der Waals surface area contributed by atoms with Gasteiger partial charge >= 0.3 is 0 Å². The van der Waals surface area contributed by atoms with Crippen molar-refractivity contribution in [3.05, 3.63) is 29.3 Å². The van der Waals surface area contributed by atoms with Crippen LogP contribution in [0.4, 0.5) is 5.69 Å². The van der Waals surface area contributed by atoms with Crippen LogP contribution >= 0.6 is 0 Å². The highest BCUT2D eigenvalue weighted by Crippen LogP contribution is 2.18. The average Bonchev–Trinajstić information content (AvgIpc) is 2.31. The number of hydrogen-bond acceptors (Lipinski definition) is 3. The maximum atomic E-state index is 8.82. The molecule has 1 aromatic carbocycles. The van der Waals surface area contributed by atoms with Crippen molar-refractivity contribution < 1.29 is 0 Å². The van der Waals surface area contributed by atoms with Crippen molar-refractivity contribution in [1.29, 1.82) is 10.5 Å². The summed E-state index contributed by atoms with van der Waals surface area (Å²) in [6.45, 7) is 4.03. The second-order valence-corrected chi connectivity index (χ2v) is 3.75. The Balaban J connectivity index is 2.87. The molecule has 0 aliphatic carbocycles. The van der Waals surface area contributed by atoms with Crippen LogP contribution in [-0.4, -0.2) is 6.04 Å². The second kappa shape index (κ2) is 5.78. The number of aryl methyl sites for hydroxylation is 1. The van der Waals surface area contributed by atoms with Crippen molar-refractivity contribution in [3.8, 4) is 12.1 Å². The van der Waals surface area contributed by atoms with E-state index in [-0.39, 0.29) is 6.04 Å². The zero-order valence-electron chi connectivity index (χ0n) is 9.62. The summed E-state index contributed by atoms with van der Waals surface area (Å²) >= 11 is 0. The first kappa shape index (κ1) is 12.1. The SMILES string of the molecule is CCC(CC#N)Nc1cc(C#N)ccc1C. The molecule has 1 aromatic rings. The van der Waals surface area contributed by atoms with Crippen molar-refractivity contribution >= 4 is 5.69 Å². The van der Waals surface area contributed by atoms with E-state index >= 15 is 0 Å². The minimum atomic E-state index is 0.151. The van der Waals surface area contributed by atoms with E-state index in [9.17, 15) is 0 Å². The number of anilines is 1. The fraction of sp³-hybridized carbons (Fsp3) is 0.385. The van der Waals surface area contributed by atoms with Gasteiger partial charge in [-0.1, -0.05) is 13.0 Å². The molecule has 3 heteroatoms. The molecule has 1 rings (SSSR count). The summed E-state index contributed by atoms with van der Waals surface area (Å²) in [6.07, 6.45) is 1.37. The highest BCUT2D eigenvalue weighted by atomic mass is 14.9. The zero-order chi connectivity index (χ0) is 12.0. The molecule has 0 aliphatic rings. The predicted octanol–water partition coefficient (Wildman–Crippen LogP) is 2.97. The van der Waals surface area contributed by atoms with E-state index in [0.29, 0.717) is 12.0 Å². The van der Waals surface area contributed by atoms with E-state index < -0.39 is 0 Å². The molecule has 0 spiro atoms. The lowest BCUT2D eigenvalue weighted by Gasteiger charge is -2.17. The molecular weight excluding hydrogens is 198 g/mol. The number of rotatable bonds is 4. The smallest absolute Gasteiger partial charge is 0.0992 e. The number of benzene rings is 1. The fourth-order valence-electron chi connectivity index (χ4n) is 1.47. The van der Waals surface area contributed by atoms with Crippen molar-refractivity contribution in [2.75, 3.05) is 5.32 Å². The Morgan fingerprint density at radius 3 is 2.69 bits per heavy atom. The van der Waals surface area contributed by atoms with Gasteiger partial charge in [0.1, 0.15) is 0 Å². The van der Waals surface area contributed by atoms with Crippen LogP contribution in [0.15, 0.2) is 18.2 Å². The minimum Gasteiger partial charge on any atom is -0.381 e. The van der Waals surface area contributed by atoms with Gasteiger partial charge in [-0.15, -0.1) is 0 Å². The summed E-state index contributed by atoms with van der Waals surface area (Å²) in [4.78, 5) is 0. The van der Waals surface area contributed by atoms with Crippen LogP contribution in [-0.2, 0) is 0 Å². The first-order valence-electron chi connectivity index (χ1n) is 5.35. The molecule has 0 saturated carbocycles. The molecule has 1 N–H and O–H groups in total. The lowest BCUT2D eigenvalue weighted by atomic mass is 10.1. The normalized spacial score (nSPS) is 11.2. The molecule has 0 amide bonds. The van der Waals surface area contributed by atoms with Crippen LogP contribution in [0.25, 0.3) is 0 Å². The second-order valence-electron chi connectivity index (χ2n) is 3.75. The van der Waals surface area contributed by atoms with Gasteiger partial charge in [0.25, 0.3) is 0 Å². The zero-order valence-corrected chi connectivity index (χ0v) is 9.62. The third-order valence-electron chi connectivity index (χ3n) is 2.56. The van der Waals surface area contributed by atoms with Gasteiger partial charge in [-0.25, -0.2) is 0 Å². The van der Waals surface area contributed by atoms with Crippen LogP contribution in [0.2, 0.25) is 0 Å². The molecule has 0 heterocycles. The van der Waals surface area contributed by atoms with Gasteiger partial charge < -0.3 is 5.32 Å². The summed E-state index contributed by atoms with van der Waals surface area (Å²) in [7, 11) is 0.